The molecule has 0 atom stereocenters. The standard InChI is InChI=1S/C2HBrCl2O/c3-1(6)2(4)5/h2H. The molecule has 0 bridgehead atoms. The second-order valence-electron chi connectivity index (χ2n) is 0.605. The molecule has 36 valence electrons. The van der Waals surface area contributed by atoms with Crippen molar-refractivity contribution in [2.75, 3.05) is 0 Å². The van der Waals surface area contributed by atoms with Crippen molar-refractivity contribution in [2.45, 2.75) is 4.84 Å². The molecule has 6 heavy (non-hydrogen) atoms. The topological polar surface area (TPSA) is 17.1 Å². The molecule has 0 saturated carbocycles. The molecule has 4 heteroatoms. The van der Waals surface area contributed by atoms with Crippen molar-refractivity contribution in [1.82, 2.24) is 0 Å². The number of halogens is 3. The van der Waals surface area contributed by atoms with E-state index in [4.69, 9.17) is 23.2 Å². The van der Waals surface area contributed by atoms with Crippen molar-refractivity contribution < 1.29 is 4.79 Å². The summed E-state index contributed by atoms with van der Waals surface area (Å²) in [5.41, 5.74) is 0. The van der Waals surface area contributed by atoms with Gasteiger partial charge in [-0.3, -0.25) is 4.79 Å². The zero-order valence-corrected chi connectivity index (χ0v) is 5.72. The summed E-state index contributed by atoms with van der Waals surface area (Å²) in [4.78, 5) is 8.87. The zero-order chi connectivity index (χ0) is 5.15. The van der Waals surface area contributed by atoms with E-state index in [1.54, 1.807) is 0 Å². The number of hydrogen-bond acceptors (Lipinski definition) is 1. The van der Waals surface area contributed by atoms with E-state index >= 15 is 0 Å². The third kappa shape index (κ3) is 2.94. The van der Waals surface area contributed by atoms with Crippen LogP contribution in [0, 0.1) is 0 Å². The molecule has 1 nitrogen and oxygen atoms in total. The number of alkyl halides is 2. The lowest BCUT2D eigenvalue weighted by atomic mass is 10.9. The summed E-state index contributed by atoms with van der Waals surface area (Å²) >= 11 is 12.5. The van der Waals surface area contributed by atoms with E-state index in [9.17, 15) is 4.79 Å². The van der Waals surface area contributed by atoms with Gasteiger partial charge in [-0.25, -0.2) is 0 Å². The maximum atomic E-state index is 9.80. The first-order chi connectivity index (χ1) is 2.64. The SMILES string of the molecule is O=C(Br)C(Cl)Cl. The van der Waals surface area contributed by atoms with Crippen molar-refractivity contribution in [2.24, 2.45) is 0 Å². The highest BCUT2D eigenvalue weighted by molar-refractivity contribution is 9.18. The molecule has 0 aromatic heterocycles. The summed E-state index contributed by atoms with van der Waals surface area (Å²) in [5.74, 6) is 0. The van der Waals surface area contributed by atoms with E-state index in [0.29, 0.717) is 0 Å². The Hall–Kier alpha value is 0.730. The fourth-order valence-electron chi connectivity index (χ4n) is 0. The molecule has 0 aromatic carbocycles. The predicted molar refractivity (Wildman–Crippen MR) is 29.4 cm³/mol. The molecule has 0 rings (SSSR count). The van der Waals surface area contributed by atoms with Crippen LogP contribution in [0.15, 0.2) is 0 Å². The van der Waals surface area contributed by atoms with Gasteiger partial charge in [0, 0.05) is 0 Å². The van der Waals surface area contributed by atoms with Crippen molar-refractivity contribution in [1.29, 1.82) is 0 Å². The molecule has 0 fully saturated rings. The first-order valence-electron chi connectivity index (χ1n) is 1.12. The van der Waals surface area contributed by atoms with Crippen LogP contribution in [0.4, 0.5) is 0 Å². The van der Waals surface area contributed by atoms with Crippen LogP contribution in [0.25, 0.3) is 0 Å². The smallest absolute Gasteiger partial charge is 0.230 e. The summed E-state index contributed by atoms with van der Waals surface area (Å²) in [5, 5.41) is 0. The highest BCUT2D eigenvalue weighted by Crippen LogP contribution is 2.05. The van der Waals surface area contributed by atoms with Gasteiger partial charge >= 0.3 is 0 Å². The molecule has 0 aromatic rings. The van der Waals surface area contributed by atoms with Gasteiger partial charge in [-0.2, -0.15) is 0 Å². The first kappa shape index (κ1) is 6.73. The van der Waals surface area contributed by atoms with E-state index < -0.39 is 9.53 Å². The summed E-state index contributed by atoms with van der Waals surface area (Å²) in [6.07, 6.45) is 0. The van der Waals surface area contributed by atoms with Gasteiger partial charge in [0.05, 0.1) is 0 Å². The van der Waals surface area contributed by atoms with Crippen molar-refractivity contribution in [3.8, 4) is 0 Å². The molecule has 0 aliphatic carbocycles. The summed E-state index contributed by atoms with van der Waals surface area (Å²) in [6, 6.07) is 0. The Kier molecular flexibility index (Phi) is 3.17. The third-order valence-electron chi connectivity index (χ3n) is 0.172. The Morgan fingerprint density at radius 1 is 1.67 bits per heavy atom. The molecule has 0 unspecified atom stereocenters. The average molecular weight is 192 g/mol. The van der Waals surface area contributed by atoms with E-state index in [1.807, 2.05) is 0 Å². The highest BCUT2D eigenvalue weighted by atomic mass is 79.9. The molecular weight excluding hydrogens is 191 g/mol. The Labute approximate surface area is 53.7 Å². The van der Waals surface area contributed by atoms with Gasteiger partial charge in [0.2, 0.25) is 4.69 Å². The summed E-state index contributed by atoms with van der Waals surface area (Å²) < 4.78 is -0.397. The van der Waals surface area contributed by atoms with Crippen LogP contribution < -0.4 is 0 Å². The van der Waals surface area contributed by atoms with Gasteiger partial charge in [0.25, 0.3) is 0 Å². The third-order valence-corrected chi connectivity index (χ3v) is 1.55. The minimum atomic E-state index is -0.926. The van der Waals surface area contributed by atoms with Crippen LogP contribution in [-0.2, 0) is 4.79 Å². The Balaban J connectivity index is 3.26. The lowest BCUT2D eigenvalue weighted by molar-refractivity contribution is -0.108. The molecule has 0 heterocycles. The Morgan fingerprint density at radius 3 is 1.83 bits per heavy atom. The van der Waals surface area contributed by atoms with Crippen LogP contribution >= 0.6 is 39.1 Å². The zero-order valence-electron chi connectivity index (χ0n) is 2.62. The number of rotatable bonds is 1. The van der Waals surface area contributed by atoms with E-state index in [2.05, 4.69) is 15.9 Å². The van der Waals surface area contributed by atoms with Gasteiger partial charge in [0.15, 0.2) is 4.84 Å². The second kappa shape index (κ2) is 2.83. The van der Waals surface area contributed by atoms with Crippen molar-refractivity contribution in [3.05, 3.63) is 0 Å². The van der Waals surface area contributed by atoms with Crippen LogP contribution in [0.2, 0.25) is 0 Å². The molecule has 0 aliphatic rings. The van der Waals surface area contributed by atoms with Crippen LogP contribution in [0.5, 0.6) is 0 Å². The lowest BCUT2D eigenvalue weighted by Gasteiger charge is -1.82. The molecule has 0 radical (unpaired) electrons. The Morgan fingerprint density at radius 2 is 1.83 bits per heavy atom. The normalized spacial score (nSPS) is 9.33. The molecular formula is C2HBrCl2O. The average Bonchev–Trinajstić information content (AvgIpc) is 1.36. The maximum absolute atomic E-state index is 9.80. The number of carbonyl (C=O) groups is 1. The van der Waals surface area contributed by atoms with Gasteiger partial charge in [0.1, 0.15) is 0 Å². The highest BCUT2D eigenvalue weighted by Gasteiger charge is 2.03. The molecule has 0 N–H and O–H groups in total. The number of carbonyl (C=O) groups excluding carboxylic acids is 1. The van der Waals surface area contributed by atoms with Crippen LogP contribution in [0.3, 0.4) is 0 Å². The first-order valence-corrected chi connectivity index (χ1v) is 2.78. The quantitative estimate of drug-likeness (QED) is 0.456. The minimum Gasteiger partial charge on any atom is -0.284 e. The summed E-state index contributed by atoms with van der Waals surface area (Å²) in [7, 11) is 0. The van der Waals surface area contributed by atoms with Crippen LogP contribution in [-0.4, -0.2) is 9.53 Å². The fraction of sp³-hybridized carbons (Fsp3) is 0.500. The minimum absolute atomic E-state index is 0.397. The van der Waals surface area contributed by atoms with Gasteiger partial charge in [-0.05, 0) is 15.9 Å². The molecule has 0 aliphatic heterocycles. The van der Waals surface area contributed by atoms with Gasteiger partial charge in [-0.15, -0.1) is 0 Å². The van der Waals surface area contributed by atoms with E-state index in [1.165, 1.54) is 0 Å². The number of hydrogen-bond donors (Lipinski definition) is 0. The summed E-state index contributed by atoms with van der Waals surface area (Å²) in [6.45, 7) is 0. The maximum Gasteiger partial charge on any atom is 0.230 e. The van der Waals surface area contributed by atoms with Gasteiger partial charge < -0.3 is 0 Å². The predicted octanol–water partition coefficient (Wildman–Crippen LogP) is 1.71. The largest absolute Gasteiger partial charge is 0.284 e. The van der Waals surface area contributed by atoms with Gasteiger partial charge in [-0.1, -0.05) is 23.2 Å². The van der Waals surface area contributed by atoms with E-state index in [0.717, 1.165) is 0 Å². The molecule has 0 saturated heterocycles. The van der Waals surface area contributed by atoms with Crippen LogP contribution in [0.1, 0.15) is 0 Å². The van der Waals surface area contributed by atoms with Crippen molar-refractivity contribution in [3.63, 3.8) is 0 Å². The molecule has 0 spiro atoms. The van der Waals surface area contributed by atoms with Crippen molar-refractivity contribution >= 4 is 43.8 Å². The fourth-order valence-corrected chi connectivity index (χ4v) is 0. The second-order valence-corrected chi connectivity index (χ2v) is 2.48. The monoisotopic (exact) mass is 190 g/mol. The lowest BCUT2D eigenvalue weighted by Crippen LogP contribution is -1.94. The van der Waals surface area contributed by atoms with E-state index in [-0.39, 0.29) is 0 Å². The Bertz CT molecular complexity index is 62.6. The molecule has 0 amide bonds.